The maximum absolute atomic E-state index is 13.1. The van der Waals surface area contributed by atoms with Gasteiger partial charge < -0.3 is 9.88 Å². The zero-order valence-electron chi connectivity index (χ0n) is 15.3. The van der Waals surface area contributed by atoms with Crippen molar-refractivity contribution in [2.75, 3.05) is 5.32 Å². The van der Waals surface area contributed by atoms with Crippen LogP contribution in [0.4, 0.5) is 10.1 Å². The van der Waals surface area contributed by atoms with Crippen LogP contribution in [0, 0.1) is 33.5 Å². The molecule has 3 nitrogen and oxygen atoms in total. The number of hydrogen-bond donors (Lipinski definition) is 1. The number of aryl methyl sites for hydroxylation is 2. The van der Waals surface area contributed by atoms with Gasteiger partial charge in [-0.05, 0) is 56.5 Å². The van der Waals surface area contributed by atoms with Gasteiger partial charge in [-0.2, -0.15) is 0 Å². The number of nitrogens with one attached hydrogen (secondary N) is 1. The van der Waals surface area contributed by atoms with E-state index < -0.39 is 0 Å². The van der Waals surface area contributed by atoms with Crippen LogP contribution in [0.5, 0.6) is 0 Å². The Morgan fingerprint density at radius 3 is 2.44 bits per heavy atom. The number of aromatic nitrogens is 2. The molecule has 2 heterocycles. The maximum atomic E-state index is 13.1. The van der Waals surface area contributed by atoms with E-state index in [0.717, 1.165) is 40.1 Å². The zero-order chi connectivity index (χ0) is 18.1. The Morgan fingerprint density at radius 1 is 1.12 bits per heavy atom. The van der Waals surface area contributed by atoms with Crippen molar-refractivity contribution < 1.29 is 4.39 Å². The lowest BCUT2D eigenvalue weighted by molar-refractivity contribution is 0.627. The van der Waals surface area contributed by atoms with Gasteiger partial charge in [0.05, 0.1) is 16.7 Å². The van der Waals surface area contributed by atoms with E-state index in [1.807, 2.05) is 25.1 Å². The van der Waals surface area contributed by atoms with Crippen molar-refractivity contribution in [2.24, 2.45) is 0 Å². The number of benzene rings is 1. The van der Waals surface area contributed by atoms with Crippen molar-refractivity contribution in [3.63, 3.8) is 0 Å². The first kappa shape index (κ1) is 17.2. The average molecular weight is 337 g/mol. The first-order valence-electron chi connectivity index (χ1n) is 8.49. The van der Waals surface area contributed by atoms with Crippen LogP contribution < -0.4 is 5.32 Å². The molecule has 25 heavy (non-hydrogen) atoms. The standard InChI is InChI=1S/C21H24FN3/c1-6-11-25-16(5)14(3)20-21(25)19(13(2)15(4)24-20)23-12-17-7-9-18(22)10-8-17/h6-10H,1,11-12H2,2-5H3,(H,23,24). The van der Waals surface area contributed by atoms with Crippen LogP contribution in [0.25, 0.3) is 11.0 Å². The van der Waals surface area contributed by atoms with Gasteiger partial charge in [-0.1, -0.05) is 18.2 Å². The zero-order valence-corrected chi connectivity index (χ0v) is 15.3. The van der Waals surface area contributed by atoms with Gasteiger partial charge in [0.1, 0.15) is 5.82 Å². The molecule has 1 N–H and O–H groups in total. The molecule has 0 fully saturated rings. The van der Waals surface area contributed by atoms with E-state index in [9.17, 15) is 4.39 Å². The van der Waals surface area contributed by atoms with E-state index in [4.69, 9.17) is 4.98 Å². The third-order valence-corrected chi connectivity index (χ3v) is 4.93. The second kappa shape index (κ2) is 6.71. The molecule has 0 saturated carbocycles. The van der Waals surface area contributed by atoms with E-state index >= 15 is 0 Å². The Morgan fingerprint density at radius 2 is 1.80 bits per heavy atom. The number of rotatable bonds is 5. The molecule has 0 aliphatic rings. The molecule has 1 aromatic carbocycles. The highest BCUT2D eigenvalue weighted by atomic mass is 19.1. The van der Waals surface area contributed by atoms with Gasteiger partial charge in [0, 0.05) is 24.5 Å². The number of pyridine rings is 1. The fourth-order valence-corrected chi connectivity index (χ4v) is 3.21. The van der Waals surface area contributed by atoms with Crippen molar-refractivity contribution in [3.05, 3.63) is 70.8 Å². The minimum Gasteiger partial charge on any atom is -0.379 e. The molecule has 0 aliphatic carbocycles. The summed E-state index contributed by atoms with van der Waals surface area (Å²) in [6.07, 6.45) is 1.91. The summed E-state index contributed by atoms with van der Waals surface area (Å²) < 4.78 is 15.4. The van der Waals surface area contributed by atoms with Crippen molar-refractivity contribution in [2.45, 2.75) is 40.8 Å². The molecule has 4 heteroatoms. The van der Waals surface area contributed by atoms with Gasteiger partial charge in [0.15, 0.2) is 0 Å². The fourth-order valence-electron chi connectivity index (χ4n) is 3.21. The molecule has 0 radical (unpaired) electrons. The van der Waals surface area contributed by atoms with Crippen LogP contribution in [0.1, 0.15) is 28.1 Å². The predicted molar refractivity (Wildman–Crippen MR) is 103 cm³/mol. The lowest BCUT2D eigenvalue weighted by Gasteiger charge is -2.16. The number of halogens is 1. The van der Waals surface area contributed by atoms with Crippen LogP contribution in [-0.2, 0) is 13.1 Å². The van der Waals surface area contributed by atoms with Gasteiger partial charge in [0.25, 0.3) is 0 Å². The molecule has 0 bridgehead atoms. The van der Waals surface area contributed by atoms with Crippen LogP contribution in [0.2, 0.25) is 0 Å². The number of nitrogens with zero attached hydrogens (tertiary/aromatic N) is 2. The summed E-state index contributed by atoms with van der Waals surface area (Å²) in [6.45, 7) is 13.6. The Labute approximate surface area is 148 Å². The predicted octanol–water partition coefficient (Wildman–Crippen LogP) is 5.21. The summed E-state index contributed by atoms with van der Waals surface area (Å²) >= 11 is 0. The van der Waals surface area contributed by atoms with Crippen molar-refractivity contribution in [1.29, 1.82) is 0 Å². The Bertz CT molecular complexity index is 936. The molecular weight excluding hydrogens is 313 g/mol. The molecule has 130 valence electrons. The minimum absolute atomic E-state index is 0.215. The molecule has 0 aliphatic heterocycles. The molecule has 0 atom stereocenters. The number of allylic oxidation sites excluding steroid dienone is 1. The molecule has 0 spiro atoms. The summed E-state index contributed by atoms with van der Waals surface area (Å²) in [6, 6.07) is 6.60. The molecule has 0 saturated heterocycles. The highest BCUT2D eigenvalue weighted by Gasteiger charge is 2.18. The highest BCUT2D eigenvalue weighted by molar-refractivity contribution is 5.94. The molecule has 3 aromatic rings. The first-order chi connectivity index (χ1) is 11.9. The number of hydrogen-bond acceptors (Lipinski definition) is 2. The van der Waals surface area contributed by atoms with E-state index in [1.165, 1.54) is 23.4 Å². The monoisotopic (exact) mass is 337 g/mol. The quantitative estimate of drug-likeness (QED) is 0.648. The van der Waals surface area contributed by atoms with E-state index in [0.29, 0.717) is 6.54 Å². The summed E-state index contributed by atoms with van der Waals surface area (Å²) in [7, 11) is 0. The highest BCUT2D eigenvalue weighted by Crippen LogP contribution is 2.33. The summed E-state index contributed by atoms with van der Waals surface area (Å²) in [5, 5.41) is 3.55. The van der Waals surface area contributed by atoms with Gasteiger partial charge in [-0.25, -0.2) is 4.39 Å². The van der Waals surface area contributed by atoms with Gasteiger partial charge in [-0.15, -0.1) is 6.58 Å². The molecule has 0 amide bonds. The summed E-state index contributed by atoms with van der Waals surface area (Å²) in [5.41, 5.74) is 8.83. The van der Waals surface area contributed by atoms with Crippen LogP contribution in [0.3, 0.4) is 0 Å². The van der Waals surface area contributed by atoms with Crippen LogP contribution >= 0.6 is 0 Å². The Kier molecular flexibility index (Phi) is 4.62. The largest absolute Gasteiger partial charge is 0.379 e. The van der Waals surface area contributed by atoms with Crippen molar-refractivity contribution in [3.8, 4) is 0 Å². The Hall–Kier alpha value is -2.62. The summed E-state index contributed by atoms with van der Waals surface area (Å²) in [4.78, 5) is 4.82. The van der Waals surface area contributed by atoms with E-state index in [-0.39, 0.29) is 5.82 Å². The minimum atomic E-state index is -0.215. The second-order valence-electron chi connectivity index (χ2n) is 6.48. The van der Waals surface area contributed by atoms with Gasteiger partial charge in [0.2, 0.25) is 0 Å². The smallest absolute Gasteiger partial charge is 0.123 e. The maximum Gasteiger partial charge on any atom is 0.123 e. The lowest BCUT2D eigenvalue weighted by Crippen LogP contribution is -2.07. The van der Waals surface area contributed by atoms with Crippen molar-refractivity contribution in [1.82, 2.24) is 9.55 Å². The second-order valence-corrected chi connectivity index (χ2v) is 6.48. The van der Waals surface area contributed by atoms with Crippen LogP contribution in [-0.4, -0.2) is 9.55 Å². The summed E-state index contributed by atoms with van der Waals surface area (Å²) in [5.74, 6) is -0.215. The molecule has 0 unspecified atom stereocenters. The molecular formula is C21H24FN3. The van der Waals surface area contributed by atoms with E-state index in [1.54, 1.807) is 0 Å². The fraction of sp³-hybridized carbons (Fsp3) is 0.286. The molecule has 2 aromatic heterocycles. The third-order valence-electron chi connectivity index (χ3n) is 4.93. The normalized spacial score (nSPS) is 11.1. The topological polar surface area (TPSA) is 29.9 Å². The number of anilines is 1. The van der Waals surface area contributed by atoms with Crippen molar-refractivity contribution >= 4 is 16.7 Å². The van der Waals surface area contributed by atoms with Gasteiger partial charge in [-0.3, -0.25) is 4.98 Å². The SMILES string of the molecule is C=CCn1c(C)c(C)c2nc(C)c(C)c(NCc3ccc(F)cc3)c21. The average Bonchev–Trinajstić information content (AvgIpc) is 2.82. The van der Waals surface area contributed by atoms with Crippen LogP contribution in [0.15, 0.2) is 36.9 Å². The van der Waals surface area contributed by atoms with E-state index in [2.05, 4.69) is 37.2 Å². The lowest BCUT2D eigenvalue weighted by atomic mass is 10.1. The van der Waals surface area contributed by atoms with Gasteiger partial charge >= 0.3 is 0 Å². The first-order valence-corrected chi connectivity index (χ1v) is 8.49. The number of fused-ring (bicyclic) bond motifs is 1. The Balaban J connectivity index is 2.11. The molecule has 3 rings (SSSR count). The third kappa shape index (κ3) is 3.04.